The number of carbonyl (C=O) groups is 1. The van der Waals surface area contributed by atoms with E-state index in [4.69, 9.17) is 4.74 Å². The van der Waals surface area contributed by atoms with E-state index < -0.39 is 0 Å². The number of nitrogens with zero attached hydrogens (tertiary/aromatic N) is 2. The van der Waals surface area contributed by atoms with Gasteiger partial charge in [-0.2, -0.15) is 0 Å². The molecule has 0 radical (unpaired) electrons. The third-order valence-electron chi connectivity index (χ3n) is 4.05. The summed E-state index contributed by atoms with van der Waals surface area (Å²) in [5.41, 5.74) is 1.02. The second kappa shape index (κ2) is 6.61. The lowest BCUT2D eigenvalue weighted by Gasteiger charge is -2.10. The van der Waals surface area contributed by atoms with Crippen molar-refractivity contribution in [3.63, 3.8) is 0 Å². The number of para-hydroxylation sites is 2. The number of nitrogens with one attached hydrogen (secondary N) is 1. The lowest BCUT2D eigenvalue weighted by molar-refractivity contribution is -0.116. The molecule has 0 aliphatic rings. The highest BCUT2D eigenvalue weighted by Gasteiger charge is 2.13. The normalized spacial score (nSPS) is 11.0. The number of ether oxygens (including phenoxy) is 1. The van der Waals surface area contributed by atoms with Crippen LogP contribution in [0, 0.1) is 0 Å². The Balaban J connectivity index is 1.65. The minimum absolute atomic E-state index is 0.117. The molecule has 6 nitrogen and oxygen atoms in total. The molecule has 0 atom stereocenters. The van der Waals surface area contributed by atoms with Gasteiger partial charge in [0.15, 0.2) is 0 Å². The largest absolute Gasteiger partial charge is 0.495 e. The quantitative estimate of drug-likeness (QED) is 0.602. The Morgan fingerprint density at radius 2 is 1.96 bits per heavy atom. The van der Waals surface area contributed by atoms with Crippen LogP contribution in [0.1, 0.15) is 0 Å². The third-order valence-corrected chi connectivity index (χ3v) is 5.19. The van der Waals surface area contributed by atoms with E-state index in [2.05, 4.69) is 10.3 Å². The van der Waals surface area contributed by atoms with Gasteiger partial charge in [0.05, 0.1) is 24.6 Å². The van der Waals surface area contributed by atoms with E-state index in [1.165, 1.54) is 29.3 Å². The Bertz CT molecular complexity index is 1180. The zero-order valence-corrected chi connectivity index (χ0v) is 14.7. The van der Waals surface area contributed by atoms with Crippen molar-refractivity contribution in [1.29, 1.82) is 0 Å². The van der Waals surface area contributed by atoms with E-state index >= 15 is 0 Å². The predicted molar refractivity (Wildman–Crippen MR) is 103 cm³/mol. The number of methoxy groups -OCH3 is 1. The van der Waals surface area contributed by atoms with Gasteiger partial charge in [0.2, 0.25) is 5.91 Å². The molecule has 26 heavy (non-hydrogen) atoms. The highest BCUT2D eigenvalue weighted by atomic mass is 32.1. The summed E-state index contributed by atoms with van der Waals surface area (Å²) in [5.74, 6) is 0.241. The summed E-state index contributed by atoms with van der Waals surface area (Å²) >= 11 is 1.39. The fourth-order valence-corrected chi connectivity index (χ4v) is 3.93. The van der Waals surface area contributed by atoms with Gasteiger partial charge < -0.3 is 10.1 Å². The van der Waals surface area contributed by atoms with Crippen molar-refractivity contribution >= 4 is 43.2 Å². The van der Waals surface area contributed by atoms with E-state index in [1.54, 1.807) is 18.2 Å². The number of benzene rings is 2. The van der Waals surface area contributed by atoms with Gasteiger partial charge >= 0.3 is 0 Å². The number of thiophene rings is 1. The van der Waals surface area contributed by atoms with Crippen LogP contribution in [0.15, 0.2) is 59.7 Å². The van der Waals surface area contributed by atoms with Crippen LogP contribution in [0.5, 0.6) is 5.75 Å². The van der Waals surface area contributed by atoms with Crippen LogP contribution in [0.3, 0.4) is 0 Å². The summed E-state index contributed by atoms with van der Waals surface area (Å²) in [6, 6.07) is 14.9. The van der Waals surface area contributed by atoms with Crippen LogP contribution in [-0.4, -0.2) is 22.6 Å². The summed E-state index contributed by atoms with van der Waals surface area (Å²) < 4.78 is 8.10. The second-order valence-electron chi connectivity index (χ2n) is 5.70. The molecule has 2 heterocycles. The maximum Gasteiger partial charge on any atom is 0.271 e. The topological polar surface area (TPSA) is 73.2 Å². The average Bonchev–Trinajstić information content (AvgIpc) is 3.04. The zero-order chi connectivity index (χ0) is 18.1. The van der Waals surface area contributed by atoms with Crippen molar-refractivity contribution in [2.45, 2.75) is 6.54 Å². The SMILES string of the molecule is COc1ccccc1NC(=O)Cn1cnc2c(sc3ccccc32)c1=O. The predicted octanol–water partition coefficient (Wildman–Crippen LogP) is 3.26. The van der Waals surface area contributed by atoms with Gasteiger partial charge in [-0.15, -0.1) is 11.3 Å². The highest BCUT2D eigenvalue weighted by Crippen LogP contribution is 2.29. The van der Waals surface area contributed by atoms with Crippen molar-refractivity contribution in [2.24, 2.45) is 0 Å². The average molecular weight is 365 g/mol. The lowest BCUT2D eigenvalue weighted by Crippen LogP contribution is -2.27. The molecular formula is C19H15N3O3S. The Labute approximate surface area is 152 Å². The summed E-state index contributed by atoms with van der Waals surface area (Å²) in [5, 5.41) is 3.72. The van der Waals surface area contributed by atoms with Crippen LogP contribution in [0.4, 0.5) is 5.69 Å². The molecule has 130 valence electrons. The van der Waals surface area contributed by atoms with Gasteiger partial charge in [-0.1, -0.05) is 30.3 Å². The van der Waals surface area contributed by atoms with E-state index in [0.717, 1.165) is 10.1 Å². The van der Waals surface area contributed by atoms with Crippen molar-refractivity contribution in [1.82, 2.24) is 9.55 Å². The molecule has 0 aliphatic carbocycles. The lowest BCUT2D eigenvalue weighted by atomic mass is 10.2. The maximum atomic E-state index is 12.7. The summed E-state index contributed by atoms with van der Waals surface area (Å²) in [6.45, 7) is -0.117. The Morgan fingerprint density at radius 1 is 1.19 bits per heavy atom. The Morgan fingerprint density at radius 3 is 2.81 bits per heavy atom. The minimum Gasteiger partial charge on any atom is -0.495 e. The first-order chi connectivity index (χ1) is 12.7. The fraction of sp³-hybridized carbons (Fsp3) is 0.105. The van der Waals surface area contributed by atoms with Gasteiger partial charge in [-0.25, -0.2) is 4.98 Å². The van der Waals surface area contributed by atoms with Crippen molar-refractivity contribution in [3.8, 4) is 5.75 Å². The van der Waals surface area contributed by atoms with E-state index in [-0.39, 0.29) is 18.0 Å². The smallest absolute Gasteiger partial charge is 0.271 e. The van der Waals surface area contributed by atoms with E-state index in [1.807, 2.05) is 30.3 Å². The van der Waals surface area contributed by atoms with Crippen LogP contribution in [0.25, 0.3) is 20.3 Å². The number of aromatic nitrogens is 2. The summed E-state index contributed by atoms with van der Waals surface area (Å²) in [6.07, 6.45) is 1.42. The Hall–Kier alpha value is -3.19. The molecule has 0 unspecified atom stereocenters. The standard InChI is InChI=1S/C19H15N3O3S/c1-25-14-8-4-3-7-13(14)21-16(23)10-22-11-20-17-12-6-2-5-9-15(12)26-18(17)19(22)24/h2-9,11H,10H2,1H3,(H,21,23). The molecule has 0 saturated carbocycles. The number of carbonyl (C=O) groups excluding carboxylic acids is 1. The molecule has 0 bridgehead atoms. The molecule has 0 spiro atoms. The number of fused-ring (bicyclic) bond motifs is 3. The molecule has 0 aliphatic heterocycles. The maximum absolute atomic E-state index is 12.7. The molecule has 7 heteroatoms. The summed E-state index contributed by atoms with van der Waals surface area (Å²) in [4.78, 5) is 29.5. The fourth-order valence-electron chi connectivity index (χ4n) is 2.82. The molecule has 2 aromatic heterocycles. The Kier molecular flexibility index (Phi) is 4.14. The molecule has 0 saturated heterocycles. The summed E-state index contributed by atoms with van der Waals surface area (Å²) in [7, 11) is 1.54. The van der Waals surface area contributed by atoms with Gasteiger partial charge in [0, 0.05) is 10.1 Å². The first kappa shape index (κ1) is 16.3. The number of rotatable bonds is 4. The molecular weight excluding hydrogens is 350 g/mol. The number of anilines is 1. The molecule has 4 rings (SSSR count). The van der Waals surface area contributed by atoms with Crippen molar-refractivity contribution < 1.29 is 9.53 Å². The second-order valence-corrected chi connectivity index (χ2v) is 6.75. The number of hydrogen-bond acceptors (Lipinski definition) is 5. The zero-order valence-electron chi connectivity index (χ0n) is 13.9. The highest BCUT2D eigenvalue weighted by molar-refractivity contribution is 7.25. The molecule has 1 N–H and O–H groups in total. The minimum atomic E-state index is -0.320. The van der Waals surface area contributed by atoms with Crippen LogP contribution < -0.4 is 15.6 Å². The van der Waals surface area contributed by atoms with Gasteiger partial charge in [-0.05, 0) is 18.2 Å². The van der Waals surface area contributed by atoms with E-state index in [9.17, 15) is 9.59 Å². The molecule has 4 aromatic rings. The first-order valence-electron chi connectivity index (χ1n) is 7.97. The van der Waals surface area contributed by atoms with E-state index in [0.29, 0.717) is 21.7 Å². The molecule has 1 amide bonds. The van der Waals surface area contributed by atoms with Gasteiger partial charge in [-0.3, -0.25) is 14.2 Å². The van der Waals surface area contributed by atoms with Gasteiger partial charge in [0.25, 0.3) is 5.56 Å². The van der Waals surface area contributed by atoms with Gasteiger partial charge in [0.1, 0.15) is 17.0 Å². The van der Waals surface area contributed by atoms with Crippen LogP contribution >= 0.6 is 11.3 Å². The van der Waals surface area contributed by atoms with Crippen molar-refractivity contribution in [3.05, 3.63) is 65.2 Å². The monoisotopic (exact) mass is 365 g/mol. The molecule has 0 fully saturated rings. The molecule has 2 aromatic carbocycles. The van der Waals surface area contributed by atoms with Crippen LogP contribution in [0.2, 0.25) is 0 Å². The van der Waals surface area contributed by atoms with Crippen LogP contribution in [-0.2, 0) is 11.3 Å². The number of amides is 1. The number of hydrogen-bond donors (Lipinski definition) is 1. The first-order valence-corrected chi connectivity index (χ1v) is 8.78. The third kappa shape index (κ3) is 2.82. The van der Waals surface area contributed by atoms with Crippen molar-refractivity contribution in [2.75, 3.05) is 12.4 Å².